The molecule has 4 aliphatic carbocycles. The second-order valence-corrected chi connectivity index (χ2v) is 9.39. The Morgan fingerprint density at radius 2 is 1.83 bits per heavy atom. The lowest BCUT2D eigenvalue weighted by Crippen LogP contribution is -2.71. The molecule has 0 aromatic heterocycles. The van der Waals surface area contributed by atoms with Crippen LogP contribution in [0.5, 0.6) is 0 Å². The number of rotatable bonds is 6. The van der Waals surface area contributed by atoms with Crippen LogP contribution >= 0.6 is 0 Å². The SMILES string of the molecule is O=C(OCCC(F)C(F)(F)S(=O)(=O)O)C12CC3CC4CC(C1)C32C4. The molecular formula is C15H19F3O5S. The zero-order valence-electron chi connectivity index (χ0n) is 12.9. The lowest BCUT2D eigenvalue weighted by molar-refractivity contribution is -0.264. The van der Waals surface area contributed by atoms with Crippen LogP contribution < -0.4 is 0 Å². The number of carbonyl (C=O) groups is 1. The predicted molar refractivity (Wildman–Crippen MR) is 75.4 cm³/mol. The molecule has 1 N–H and O–H groups in total. The Labute approximate surface area is 137 Å². The molecule has 4 fully saturated rings. The normalized spacial score (nSPS) is 43.6. The van der Waals surface area contributed by atoms with E-state index >= 15 is 0 Å². The molecule has 0 radical (unpaired) electrons. The van der Waals surface area contributed by atoms with Crippen LogP contribution in [0.3, 0.4) is 0 Å². The fourth-order valence-corrected chi connectivity index (χ4v) is 6.70. The smallest absolute Gasteiger partial charge is 0.400 e. The molecule has 3 atom stereocenters. The van der Waals surface area contributed by atoms with Gasteiger partial charge in [-0.05, 0) is 55.3 Å². The molecule has 136 valence electrons. The van der Waals surface area contributed by atoms with Gasteiger partial charge in [-0.3, -0.25) is 9.35 Å². The third kappa shape index (κ3) is 1.75. The highest BCUT2D eigenvalue weighted by atomic mass is 32.2. The molecule has 0 amide bonds. The van der Waals surface area contributed by atoms with E-state index in [2.05, 4.69) is 0 Å². The molecule has 0 aromatic rings. The predicted octanol–water partition coefficient (Wildman–Crippen LogP) is 2.56. The van der Waals surface area contributed by atoms with Crippen molar-refractivity contribution < 1.29 is 35.7 Å². The third-order valence-electron chi connectivity index (χ3n) is 7.10. The highest BCUT2D eigenvalue weighted by Gasteiger charge is 2.84. The van der Waals surface area contributed by atoms with Crippen LogP contribution in [0.2, 0.25) is 0 Å². The van der Waals surface area contributed by atoms with Gasteiger partial charge in [0.25, 0.3) is 0 Å². The van der Waals surface area contributed by atoms with E-state index in [1.165, 1.54) is 0 Å². The Kier molecular flexibility index (Phi) is 3.23. The number of hydrogen-bond donors (Lipinski definition) is 1. The van der Waals surface area contributed by atoms with Crippen LogP contribution in [0.25, 0.3) is 0 Å². The van der Waals surface area contributed by atoms with E-state index in [-0.39, 0.29) is 5.41 Å². The molecule has 0 saturated heterocycles. The zero-order valence-corrected chi connectivity index (χ0v) is 13.7. The van der Waals surface area contributed by atoms with Crippen molar-refractivity contribution in [3.63, 3.8) is 0 Å². The molecule has 9 heteroatoms. The van der Waals surface area contributed by atoms with Crippen molar-refractivity contribution in [2.24, 2.45) is 28.6 Å². The number of ether oxygens (including phenoxy) is 1. The fraction of sp³-hybridized carbons (Fsp3) is 0.933. The minimum Gasteiger partial charge on any atom is -0.465 e. The Morgan fingerprint density at radius 1 is 1.25 bits per heavy atom. The maximum Gasteiger partial charge on any atom is 0.400 e. The molecule has 1 spiro atoms. The van der Waals surface area contributed by atoms with Gasteiger partial charge in [0.15, 0.2) is 6.17 Å². The lowest BCUT2D eigenvalue weighted by atomic mass is 9.30. The van der Waals surface area contributed by atoms with Gasteiger partial charge in [0.05, 0.1) is 12.0 Å². The standard InChI is InChI=1S/C15H19F3O5S/c16-11(15(17,18)24(20,21)22)1-2-23-12(19)13-6-9-3-8-4-10(7-13)14(9,13)5-8/h8-11H,1-7H2,(H,20,21,22). The summed E-state index contributed by atoms with van der Waals surface area (Å²) in [6.07, 6.45) is 0.762. The van der Waals surface area contributed by atoms with E-state index in [9.17, 15) is 26.4 Å². The average molecular weight is 368 g/mol. The minimum atomic E-state index is -5.84. The van der Waals surface area contributed by atoms with Crippen molar-refractivity contribution in [2.45, 2.75) is 50.0 Å². The highest BCUT2D eigenvalue weighted by molar-refractivity contribution is 7.86. The maximum absolute atomic E-state index is 13.4. The third-order valence-corrected chi connectivity index (χ3v) is 8.05. The Bertz CT molecular complexity index is 675. The Morgan fingerprint density at radius 3 is 2.33 bits per heavy atom. The van der Waals surface area contributed by atoms with Gasteiger partial charge in [-0.1, -0.05) is 0 Å². The summed E-state index contributed by atoms with van der Waals surface area (Å²) in [6.45, 7) is -0.623. The first-order valence-electron chi connectivity index (χ1n) is 8.21. The topological polar surface area (TPSA) is 80.7 Å². The monoisotopic (exact) mass is 368 g/mol. The van der Waals surface area contributed by atoms with Gasteiger partial charge in [0.1, 0.15) is 0 Å². The van der Waals surface area contributed by atoms with Gasteiger partial charge < -0.3 is 4.74 Å². The van der Waals surface area contributed by atoms with Crippen LogP contribution in [0.1, 0.15) is 38.5 Å². The van der Waals surface area contributed by atoms with Crippen LogP contribution in [0, 0.1) is 28.6 Å². The average Bonchev–Trinajstić information content (AvgIpc) is 2.96. The Balaban J connectivity index is 1.34. The lowest BCUT2D eigenvalue weighted by Gasteiger charge is -2.72. The van der Waals surface area contributed by atoms with Crippen molar-refractivity contribution in [3.05, 3.63) is 0 Å². The minimum absolute atomic E-state index is 0.0300. The van der Waals surface area contributed by atoms with Gasteiger partial charge in [0, 0.05) is 6.42 Å². The van der Waals surface area contributed by atoms with Crippen LogP contribution in [0.4, 0.5) is 13.2 Å². The summed E-state index contributed by atoms with van der Waals surface area (Å²) in [5, 5.41) is -4.90. The molecule has 5 nitrogen and oxygen atoms in total. The van der Waals surface area contributed by atoms with Crippen molar-refractivity contribution in [1.29, 1.82) is 0 Å². The summed E-state index contributed by atoms with van der Waals surface area (Å²) in [5.74, 6) is 1.33. The van der Waals surface area contributed by atoms with Crippen LogP contribution in [-0.2, 0) is 19.6 Å². The van der Waals surface area contributed by atoms with Gasteiger partial charge in [0.2, 0.25) is 0 Å². The second-order valence-electron chi connectivity index (χ2n) is 7.90. The van der Waals surface area contributed by atoms with E-state index in [1.807, 2.05) is 0 Å². The largest absolute Gasteiger partial charge is 0.465 e. The number of hydrogen-bond acceptors (Lipinski definition) is 4. The van der Waals surface area contributed by atoms with Crippen LogP contribution in [-0.4, -0.2) is 37.0 Å². The molecule has 3 unspecified atom stereocenters. The molecule has 24 heavy (non-hydrogen) atoms. The molecule has 0 aliphatic heterocycles. The van der Waals surface area contributed by atoms with E-state index in [0.29, 0.717) is 17.8 Å². The van der Waals surface area contributed by atoms with E-state index in [0.717, 1.165) is 32.1 Å². The maximum atomic E-state index is 13.4. The molecule has 0 heterocycles. The molecule has 0 aromatic carbocycles. The molecule has 4 aliphatic rings. The van der Waals surface area contributed by atoms with Crippen molar-refractivity contribution in [1.82, 2.24) is 0 Å². The van der Waals surface area contributed by atoms with Crippen LogP contribution in [0.15, 0.2) is 0 Å². The Hall–Kier alpha value is -0.830. The van der Waals surface area contributed by atoms with Gasteiger partial charge in [-0.2, -0.15) is 17.2 Å². The summed E-state index contributed by atoms with van der Waals surface area (Å²) in [4.78, 5) is 12.4. The number of fused-ring (bicyclic) bond motifs is 1. The fourth-order valence-electron chi connectivity index (χ4n) is 6.26. The summed E-state index contributed by atoms with van der Waals surface area (Å²) in [6, 6.07) is 0. The molecular weight excluding hydrogens is 349 g/mol. The summed E-state index contributed by atoms with van der Waals surface area (Å²) >= 11 is 0. The summed E-state index contributed by atoms with van der Waals surface area (Å²) in [5.41, 5.74) is -0.493. The van der Waals surface area contributed by atoms with Gasteiger partial charge in [-0.15, -0.1) is 0 Å². The van der Waals surface area contributed by atoms with Crippen molar-refractivity contribution in [2.75, 3.05) is 6.61 Å². The second kappa shape index (κ2) is 4.66. The van der Waals surface area contributed by atoms with Crippen molar-refractivity contribution in [3.8, 4) is 0 Å². The van der Waals surface area contributed by atoms with E-state index in [4.69, 9.17) is 9.29 Å². The molecule has 2 bridgehead atoms. The zero-order chi connectivity index (χ0) is 17.5. The molecule has 4 saturated carbocycles. The molecule has 4 rings (SSSR count). The summed E-state index contributed by atoms with van der Waals surface area (Å²) in [7, 11) is -5.84. The quantitative estimate of drug-likeness (QED) is 0.576. The number of carbonyl (C=O) groups excluding carboxylic acids is 1. The van der Waals surface area contributed by atoms with Gasteiger partial charge >= 0.3 is 21.3 Å². The van der Waals surface area contributed by atoms with Crippen molar-refractivity contribution >= 4 is 16.1 Å². The first-order valence-corrected chi connectivity index (χ1v) is 9.65. The first-order chi connectivity index (χ1) is 11.0. The summed E-state index contributed by atoms with van der Waals surface area (Å²) < 4.78 is 74.0. The number of esters is 1. The van der Waals surface area contributed by atoms with E-state index < -0.39 is 46.0 Å². The first kappa shape index (κ1) is 16.6. The number of halogens is 3. The highest BCUT2D eigenvalue weighted by Crippen LogP contribution is 2.87. The number of alkyl halides is 3. The van der Waals surface area contributed by atoms with E-state index in [1.54, 1.807) is 0 Å². The van der Waals surface area contributed by atoms with Gasteiger partial charge in [-0.25, -0.2) is 4.39 Å².